The van der Waals surface area contributed by atoms with E-state index in [0.717, 1.165) is 6.42 Å². The number of hydrogen-bond acceptors (Lipinski definition) is 4. The van der Waals surface area contributed by atoms with Gasteiger partial charge >= 0.3 is 5.97 Å². The van der Waals surface area contributed by atoms with Crippen molar-refractivity contribution in [2.75, 3.05) is 14.2 Å². The molecule has 0 saturated carbocycles. The van der Waals surface area contributed by atoms with Crippen LogP contribution >= 0.6 is 0 Å². The number of benzene rings is 2. The van der Waals surface area contributed by atoms with Gasteiger partial charge < -0.3 is 9.84 Å². The topological polar surface area (TPSA) is 49.8 Å². The number of nitrogens with zero attached hydrogens (tertiary/aromatic N) is 1. The highest BCUT2D eigenvalue weighted by Crippen LogP contribution is 2.49. The quantitative estimate of drug-likeness (QED) is 0.863. The minimum absolute atomic E-state index is 0.212. The van der Waals surface area contributed by atoms with Gasteiger partial charge in [-0.3, -0.25) is 4.90 Å². The molecule has 4 nitrogen and oxygen atoms in total. The van der Waals surface area contributed by atoms with Crippen LogP contribution in [0.5, 0.6) is 0 Å². The SMILES string of the molecule is COC(=O)C12C[C@@H](c3ccc4ccccc4c3)CC(C[C@@H]1O)N2C. The van der Waals surface area contributed by atoms with E-state index in [9.17, 15) is 9.90 Å². The molecule has 0 radical (unpaired) electrons. The second-order valence-electron chi connectivity index (χ2n) is 7.18. The van der Waals surface area contributed by atoms with Crippen LogP contribution in [0.15, 0.2) is 42.5 Å². The van der Waals surface area contributed by atoms with Crippen LogP contribution in [-0.4, -0.2) is 47.8 Å². The van der Waals surface area contributed by atoms with Crippen LogP contribution in [-0.2, 0) is 9.53 Å². The van der Waals surface area contributed by atoms with Gasteiger partial charge in [0.1, 0.15) is 5.54 Å². The Balaban J connectivity index is 1.73. The van der Waals surface area contributed by atoms with Gasteiger partial charge in [-0.2, -0.15) is 0 Å². The van der Waals surface area contributed by atoms with E-state index in [4.69, 9.17) is 4.74 Å². The van der Waals surface area contributed by atoms with Crippen molar-refractivity contribution in [1.29, 1.82) is 0 Å². The number of hydrogen-bond donors (Lipinski definition) is 1. The maximum absolute atomic E-state index is 12.5. The Morgan fingerprint density at radius 2 is 1.96 bits per heavy atom. The first kappa shape index (κ1) is 15.6. The predicted octanol–water partition coefficient (Wildman–Crippen LogP) is 2.69. The molecule has 4 heteroatoms. The Labute approximate surface area is 142 Å². The first-order valence-corrected chi connectivity index (χ1v) is 8.54. The zero-order chi connectivity index (χ0) is 16.9. The molecule has 2 heterocycles. The molecule has 0 aromatic heterocycles. The molecule has 4 atom stereocenters. The fraction of sp³-hybridized carbons (Fsp3) is 0.450. The first-order chi connectivity index (χ1) is 11.6. The van der Waals surface area contributed by atoms with E-state index < -0.39 is 11.6 Å². The lowest BCUT2D eigenvalue weighted by Crippen LogP contribution is -2.60. The van der Waals surface area contributed by atoms with Gasteiger partial charge in [0.2, 0.25) is 0 Å². The van der Waals surface area contributed by atoms with Crippen molar-refractivity contribution >= 4 is 16.7 Å². The highest BCUT2D eigenvalue weighted by atomic mass is 16.5. The second kappa shape index (κ2) is 5.57. The summed E-state index contributed by atoms with van der Waals surface area (Å²) in [4.78, 5) is 14.6. The summed E-state index contributed by atoms with van der Waals surface area (Å²) in [6.45, 7) is 0. The number of carbonyl (C=O) groups is 1. The normalized spacial score (nSPS) is 32.9. The molecule has 126 valence electrons. The monoisotopic (exact) mass is 325 g/mol. The zero-order valence-corrected chi connectivity index (χ0v) is 14.1. The number of methoxy groups -OCH3 is 1. The molecular formula is C20H23NO3. The number of esters is 1. The van der Waals surface area contributed by atoms with Crippen LogP contribution in [0, 0.1) is 0 Å². The predicted molar refractivity (Wildman–Crippen MR) is 92.8 cm³/mol. The van der Waals surface area contributed by atoms with Gasteiger partial charge in [-0.1, -0.05) is 42.5 Å². The number of aliphatic hydroxyl groups excluding tert-OH is 1. The summed E-state index contributed by atoms with van der Waals surface area (Å²) < 4.78 is 5.07. The molecule has 4 rings (SSSR count). The van der Waals surface area contributed by atoms with E-state index in [1.165, 1.54) is 23.4 Å². The first-order valence-electron chi connectivity index (χ1n) is 8.54. The summed E-state index contributed by atoms with van der Waals surface area (Å²) in [5, 5.41) is 13.1. The largest absolute Gasteiger partial charge is 0.468 e. The summed E-state index contributed by atoms with van der Waals surface area (Å²) in [5.74, 6) is -0.0578. The lowest BCUT2D eigenvalue weighted by atomic mass is 9.77. The van der Waals surface area contributed by atoms with Crippen molar-refractivity contribution in [2.45, 2.75) is 42.9 Å². The third kappa shape index (κ3) is 2.10. The summed E-state index contributed by atoms with van der Waals surface area (Å²) in [6.07, 6.45) is 1.54. The number of ether oxygens (including phenoxy) is 1. The fourth-order valence-electron chi connectivity index (χ4n) is 4.75. The molecule has 2 aromatic rings. The Kier molecular flexibility index (Phi) is 3.62. The Bertz CT molecular complexity index is 789. The number of aliphatic hydroxyl groups is 1. The van der Waals surface area contributed by atoms with Crippen LogP contribution in [0.1, 0.15) is 30.7 Å². The van der Waals surface area contributed by atoms with Crippen LogP contribution in [0.2, 0.25) is 0 Å². The van der Waals surface area contributed by atoms with E-state index in [2.05, 4.69) is 30.3 Å². The molecule has 2 bridgehead atoms. The number of carbonyl (C=O) groups excluding carboxylic acids is 1. The second-order valence-corrected chi connectivity index (χ2v) is 7.18. The summed E-state index contributed by atoms with van der Waals surface area (Å²) in [6, 6.07) is 15.1. The van der Waals surface area contributed by atoms with Crippen molar-refractivity contribution in [2.24, 2.45) is 0 Å². The highest BCUT2D eigenvalue weighted by molar-refractivity contribution is 5.84. The summed E-state index contributed by atoms with van der Waals surface area (Å²) >= 11 is 0. The molecule has 0 amide bonds. The molecule has 2 saturated heterocycles. The van der Waals surface area contributed by atoms with Crippen LogP contribution in [0.25, 0.3) is 10.8 Å². The average molecular weight is 325 g/mol. The van der Waals surface area contributed by atoms with E-state index in [-0.39, 0.29) is 17.9 Å². The number of likely N-dealkylation sites (N-methyl/N-ethyl adjacent to an activating group) is 1. The van der Waals surface area contributed by atoms with Crippen LogP contribution < -0.4 is 0 Å². The van der Waals surface area contributed by atoms with Gasteiger partial charge in [0.25, 0.3) is 0 Å². The molecule has 0 spiro atoms. The summed E-state index contributed by atoms with van der Waals surface area (Å²) in [5.41, 5.74) is 0.336. The van der Waals surface area contributed by atoms with Gasteiger partial charge in [-0.05, 0) is 48.6 Å². The molecule has 2 aliphatic rings. The molecule has 2 aromatic carbocycles. The van der Waals surface area contributed by atoms with Crippen molar-refractivity contribution in [3.8, 4) is 0 Å². The van der Waals surface area contributed by atoms with E-state index >= 15 is 0 Å². The fourth-order valence-corrected chi connectivity index (χ4v) is 4.75. The van der Waals surface area contributed by atoms with Crippen molar-refractivity contribution in [3.63, 3.8) is 0 Å². The maximum atomic E-state index is 12.5. The van der Waals surface area contributed by atoms with Gasteiger partial charge in [0, 0.05) is 6.04 Å². The average Bonchev–Trinajstić information content (AvgIpc) is 2.75. The number of fused-ring (bicyclic) bond motifs is 3. The Morgan fingerprint density at radius 3 is 2.71 bits per heavy atom. The van der Waals surface area contributed by atoms with Gasteiger partial charge in [0.05, 0.1) is 13.2 Å². The minimum atomic E-state index is -0.909. The highest BCUT2D eigenvalue weighted by Gasteiger charge is 2.61. The van der Waals surface area contributed by atoms with Crippen LogP contribution in [0.3, 0.4) is 0 Å². The Hall–Kier alpha value is -1.91. The van der Waals surface area contributed by atoms with Gasteiger partial charge in [-0.25, -0.2) is 4.79 Å². The standard InChI is InChI=1S/C20H23NO3/c1-21-17-10-16(12-20(21,18(22)11-17)19(23)24-2)15-8-7-13-5-3-4-6-14(13)9-15/h3-9,16-18,22H,10-12H2,1-2H3/t16-,17?,18-,20?/m0/s1. The third-order valence-electron chi connectivity index (χ3n) is 6.12. The molecular weight excluding hydrogens is 302 g/mol. The van der Waals surface area contributed by atoms with Gasteiger partial charge in [-0.15, -0.1) is 0 Å². The minimum Gasteiger partial charge on any atom is -0.468 e. The number of piperidine rings is 1. The molecule has 2 unspecified atom stereocenters. The van der Waals surface area contributed by atoms with E-state index in [1.54, 1.807) is 0 Å². The summed E-state index contributed by atoms with van der Waals surface area (Å²) in [7, 11) is 3.35. The van der Waals surface area contributed by atoms with Gasteiger partial charge in [0.15, 0.2) is 0 Å². The van der Waals surface area contributed by atoms with Crippen LogP contribution in [0.4, 0.5) is 0 Å². The van der Waals surface area contributed by atoms with E-state index in [1.807, 2.05) is 24.1 Å². The van der Waals surface area contributed by atoms with E-state index in [0.29, 0.717) is 12.8 Å². The van der Waals surface area contributed by atoms with Crippen molar-refractivity contribution in [1.82, 2.24) is 4.90 Å². The third-order valence-corrected chi connectivity index (χ3v) is 6.12. The molecule has 1 N–H and O–H groups in total. The van der Waals surface area contributed by atoms with Crippen molar-refractivity contribution in [3.05, 3.63) is 48.0 Å². The molecule has 0 aliphatic carbocycles. The molecule has 24 heavy (non-hydrogen) atoms. The molecule has 2 aliphatic heterocycles. The maximum Gasteiger partial charge on any atom is 0.329 e. The lowest BCUT2D eigenvalue weighted by molar-refractivity contribution is -0.161. The van der Waals surface area contributed by atoms with Crippen molar-refractivity contribution < 1.29 is 14.6 Å². The number of rotatable bonds is 2. The smallest absolute Gasteiger partial charge is 0.329 e. The Morgan fingerprint density at radius 1 is 1.21 bits per heavy atom. The molecule has 2 fully saturated rings. The lowest BCUT2D eigenvalue weighted by Gasteiger charge is -2.44. The zero-order valence-electron chi connectivity index (χ0n) is 14.1.